The van der Waals surface area contributed by atoms with Gasteiger partial charge in [-0.1, -0.05) is 35.0 Å². The van der Waals surface area contributed by atoms with E-state index in [9.17, 15) is 9.90 Å². The van der Waals surface area contributed by atoms with Crippen molar-refractivity contribution >= 4 is 21.9 Å². The van der Waals surface area contributed by atoms with Crippen LogP contribution in [0, 0.1) is 5.92 Å². The van der Waals surface area contributed by atoms with Crippen molar-refractivity contribution in [1.29, 1.82) is 0 Å². The number of carbonyl (C=O) groups excluding carboxylic acids is 1. The van der Waals surface area contributed by atoms with Crippen LogP contribution in [-0.2, 0) is 9.53 Å². The highest BCUT2D eigenvalue weighted by Crippen LogP contribution is 2.41. The zero-order chi connectivity index (χ0) is 15.0. The lowest BCUT2D eigenvalue weighted by Gasteiger charge is -2.48. The molecule has 1 aromatic rings. The zero-order valence-electron chi connectivity index (χ0n) is 12.0. The molecule has 2 aliphatic rings. The van der Waals surface area contributed by atoms with Crippen LogP contribution in [0.2, 0.25) is 0 Å². The van der Waals surface area contributed by atoms with Crippen LogP contribution < -0.4 is 0 Å². The smallest absolute Gasteiger partial charge is 0.323 e. The SMILES string of the molecule is C[C@H]1CC[C@H]2C(=O)O[C@H](CO)CN2[C@H]1c1ccc(Br)cc1. The Morgan fingerprint density at radius 2 is 2.05 bits per heavy atom. The van der Waals surface area contributed by atoms with Gasteiger partial charge in [0.25, 0.3) is 0 Å². The number of fused-ring (bicyclic) bond motifs is 1. The van der Waals surface area contributed by atoms with Crippen molar-refractivity contribution < 1.29 is 14.6 Å². The molecule has 0 bridgehead atoms. The Hall–Kier alpha value is -0.910. The average Bonchev–Trinajstić information content (AvgIpc) is 2.48. The molecular formula is C16H20BrNO3. The summed E-state index contributed by atoms with van der Waals surface area (Å²) in [6.45, 7) is 2.73. The topological polar surface area (TPSA) is 49.8 Å². The van der Waals surface area contributed by atoms with Gasteiger partial charge < -0.3 is 9.84 Å². The lowest BCUT2D eigenvalue weighted by molar-refractivity contribution is -0.177. The number of benzene rings is 1. The molecule has 0 unspecified atom stereocenters. The molecule has 2 fully saturated rings. The number of hydrogen-bond acceptors (Lipinski definition) is 4. The van der Waals surface area contributed by atoms with E-state index in [0.717, 1.165) is 17.3 Å². The van der Waals surface area contributed by atoms with Gasteiger partial charge in [-0.15, -0.1) is 0 Å². The number of ether oxygens (including phenoxy) is 1. The number of aliphatic hydroxyl groups is 1. The van der Waals surface area contributed by atoms with Gasteiger partial charge in [0, 0.05) is 17.1 Å². The fourth-order valence-electron chi connectivity index (χ4n) is 3.55. The Balaban J connectivity index is 1.92. The van der Waals surface area contributed by atoms with Gasteiger partial charge in [-0.25, -0.2) is 0 Å². The molecule has 2 heterocycles. The van der Waals surface area contributed by atoms with E-state index < -0.39 is 6.10 Å². The normalized spacial score (nSPS) is 33.4. The summed E-state index contributed by atoms with van der Waals surface area (Å²) in [6.07, 6.45) is 1.45. The minimum atomic E-state index is -0.406. The van der Waals surface area contributed by atoms with E-state index in [2.05, 4.69) is 39.9 Å². The average molecular weight is 354 g/mol. The minimum Gasteiger partial charge on any atom is -0.457 e. The maximum atomic E-state index is 12.2. The number of cyclic esters (lactones) is 1. The van der Waals surface area contributed by atoms with Gasteiger partial charge in [0.05, 0.1) is 6.61 Å². The monoisotopic (exact) mass is 353 g/mol. The van der Waals surface area contributed by atoms with E-state index in [4.69, 9.17) is 4.74 Å². The summed E-state index contributed by atoms with van der Waals surface area (Å²) in [6, 6.07) is 8.34. The van der Waals surface area contributed by atoms with Crippen LogP contribution in [-0.4, -0.2) is 41.3 Å². The summed E-state index contributed by atoms with van der Waals surface area (Å²) in [7, 11) is 0. The maximum absolute atomic E-state index is 12.2. The minimum absolute atomic E-state index is 0.115. The van der Waals surface area contributed by atoms with Crippen molar-refractivity contribution in [3.8, 4) is 0 Å². The van der Waals surface area contributed by atoms with Crippen molar-refractivity contribution in [2.24, 2.45) is 5.92 Å². The summed E-state index contributed by atoms with van der Waals surface area (Å²) in [4.78, 5) is 14.4. The van der Waals surface area contributed by atoms with Gasteiger partial charge in [-0.2, -0.15) is 0 Å². The predicted octanol–water partition coefficient (Wildman–Crippen LogP) is 2.51. The van der Waals surface area contributed by atoms with Crippen LogP contribution in [0.4, 0.5) is 0 Å². The third-order valence-corrected chi connectivity index (χ3v) is 5.11. The molecule has 1 aromatic carbocycles. The quantitative estimate of drug-likeness (QED) is 0.830. The first kappa shape index (κ1) is 15.0. The number of nitrogens with zero attached hydrogens (tertiary/aromatic N) is 1. The Morgan fingerprint density at radius 1 is 1.33 bits per heavy atom. The van der Waals surface area contributed by atoms with E-state index in [1.165, 1.54) is 5.56 Å². The fourth-order valence-corrected chi connectivity index (χ4v) is 3.81. The Morgan fingerprint density at radius 3 is 2.71 bits per heavy atom. The summed E-state index contributed by atoms with van der Waals surface area (Å²) in [5.74, 6) is 0.294. The van der Waals surface area contributed by atoms with E-state index in [1.807, 2.05) is 12.1 Å². The number of esters is 1. The standard InChI is InChI=1S/C16H20BrNO3/c1-10-2-7-14-16(20)21-13(9-19)8-18(14)15(10)11-3-5-12(17)6-4-11/h3-6,10,13-15,19H,2,7-9H2,1H3/t10-,13-,14-,15+/m0/s1. The summed E-state index contributed by atoms with van der Waals surface area (Å²) < 4.78 is 6.36. The summed E-state index contributed by atoms with van der Waals surface area (Å²) in [5.41, 5.74) is 1.22. The first-order chi connectivity index (χ1) is 10.1. The Bertz CT molecular complexity index is 519. The van der Waals surface area contributed by atoms with Crippen molar-refractivity contribution in [1.82, 2.24) is 4.90 Å². The van der Waals surface area contributed by atoms with Gasteiger partial charge in [-0.05, 0) is 36.5 Å². The van der Waals surface area contributed by atoms with Gasteiger partial charge >= 0.3 is 5.97 Å². The molecule has 0 saturated carbocycles. The molecule has 114 valence electrons. The molecule has 2 aliphatic heterocycles. The number of hydrogen-bond donors (Lipinski definition) is 1. The Labute approximate surface area is 133 Å². The van der Waals surface area contributed by atoms with Crippen LogP contribution in [0.1, 0.15) is 31.4 Å². The van der Waals surface area contributed by atoms with E-state index >= 15 is 0 Å². The van der Waals surface area contributed by atoms with Crippen LogP contribution in [0.5, 0.6) is 0 Å². The number of morpholine rings is 1. The molecule has 21 heavy (non-hydrogen) atoms. The van der Waals surface area contributed by atoms with E-state index in [-0.39, 0.29) is 24.7 Å². The number of aliphatic hydroxyl groups excluding tert-OH is 1. The number of halogens is 1. The highest BCUT2D eigenvalue weighted by molar-refractivity contribution is 9.10. The molecule has 0 radical (unpaired) electrons. The van der Waals surface area contributed by atoms with E-state index in [0.29, 0.717) is 12.5 Å². The second-order valence-corrected chi connectivity index (χ2v) is 6.92. The van der Waals surface area contributed by atoms with Gasteiger partial charge in [-0.3, -0.25) is 9.69 Å². The summed E-state index contributed by atoms with van der Waals surface area (Å²) in [5, 5.41) is 9.35. The van der Waals surface area contributed by atoms with Crippen molar-refractivity contribution in [2.45, 2.75) is 38.0 Å². The van der Waals surface area contributed by atoms with Crippen LogP contribution >= 0.6 is 15.9 Å². The third-order valence-electron chi connectivity index (χ3n) is 4.58. The molecule has 5 heteroatoms. The largest absolute Gasteiger partial charge is 0.457 e. The number of carbonyl (C=O) groups is 1. The predicted molar refractivity (Wildman–Crippen MR) is 82.7 cm³/mol. The number of piperidine rings is 1. The molecule has 0 amide bonds. The second-order valence-electron chi connectivity index (χ2n) is 6.01. The fraction of sp³-hybridized carbons (Fsp3) is 0.562. The van der Waals surface area contributed by atoms with Gasteiger partial charge in [0.1, 0.15) is 12.1 Å². The maximum Gasteiger partial charge on any atom is 0.323 e. The van der Waals surface area contributed by atoms with Gasteiger partial charge in [0.2, 0.25) is 0 Å². The highest BCUT2D eigenvalue weighted by Gasteiger charge is 2.44. The van der Waals surface area contributed by atoms with Crippen molar-refractivity contribution in [2.75, 3.05) is 13.2 Å². The lowest BCUT2D eigenvalue weighted by Crippen LogP contribution is -2.57. The first-order valence-corrected chi connectivity index (χ1v) is 8.22. The molecule has 3 rings (SSSR count). The molecule has 1 N–H and O–H groups in total. The van der Waals surface area contributed by atoms with Crippen LogP contribution in [0.15, 0.2) is 28.7 Å². The van der Waals surface area contributed by atoms with Gasteiger partial charge in [0.15, 0.2) is 0 Å². The Kier molecular flexibility index (Phi) is 4.33. The third kappa shape index (κ3) is 2.87. The molecule has 0 aromatic heterocycles. The first-order valence-electron chi connectivity index (χ1n) is 7.42. The van der Waals surface area contributed by atoms with E-state index in [1.54, 1.807) is 0 Å². The molecule has 4 atom stereocenters. The molecule has 0 aliphatic carbocycles. The van der Waals surface area contributed by atoms with Crippen molar-refractivity contribution in [3.05, 3.63) is 34.3 Å². The zero-order valence-corrected chi connectivity index (χ0v) is 13.6. The summed E-state index contributed by atoms with van der Waals surface area (Å²) >= 11 is 3.46. The molecule has 2 saturated heterocycles. The molecular weight excluding hydrogens is 334 g/mol. The lowest BCUT2D eigenvalue weighted by atomic mass is 9.82. The second kappa shape index (κ2) is 6.07. The molecule has 0 spiro atoms. The van der Waals surface area contributed by atoms with Crippen LogP contribution in [0.3, 0.4) is 0 Å². The molecule has 4 nitrogen and oxygen atoms in total. The number of rotatable bonds is 2. The van der Waals surface area contributed by atoms with Crippen molar-refractivity contribution in [3.63, 3.8) is 0 Å². The highest BCUT2D eigenvalue weighted by atomic mass is 79.9. The van der Waals surface area contributed by atoms with Crippen LogP contribution in [0.25, 0.3) is 0 Å².